The third-order valence-corrected chi connectivity index (χ3v) is 2.64. The van der Waals surface area contributed by atoms with Gasteiger partial charge in [0.1, 0.15) is 0 Å². The van der Waals surface area contributed by atoms with Gasteiger partial charge >= 0.3 is 0 Å². The molecular weight excluding hydrogens is 184 g/mol. The Hall–Kier alpha value is -0.0800. The van der Waals surface area contributed by atoms with Crippen molar-refractivity contribution in [1.82, 2.24) is 4.90 Å². The average Bonchev–Trinajstić information content (AvgIpc) is 2.00. The SMILES string of the molecule is CCC(C)(N)CN(CC(C)C)CC(C)C. The number of hydrogen-bond donors (Lipinski definition) is 1. The molecule has 0 bridgehead atoms. The van der Waals surface area contributed by atoms with Crippen molar-refractivity contribution in [3.05, 3.63) is 0 Å². The molecule has 0 amide bonds. The van der Waals surface area contributed by atoms with Gasteiger partial charge in [0.25, 0.3) is 0 Å². The summed E-state index contributed by atoms with van der Waals surface area (Å²) in [6.45, 7) is 16.7. The summed E-state index contributed by atoms with van der Waals surface area (Å²) in [5.74, 6) is 1.44. The normalized spacial score (nSPS) is 16.4. The number of nitrogens with two attached hydrogens (primary N) is 1. The van der Waals surface area contributed by atoms with Crippen molar-refractivity contribution in [2.45, 2.75) is 53.5 Å². The summed E-state index contributed by atoms with van der Waals surface area (Å²) in [6, 6.07) is 0. The second kappa shape index (κ2) is 6.49. The van der Waals surface area contributed by atoms with Gasteiger partial charge in [0.2, 0.25) is 0 Å². The average molecular weight is 214 g/mol. The van der Waals surface area contributed by atoms with E-state index in [2.05, 4.69) is 46.4 Å². The van der Waals surface area contributed by atoms with Crippen LogP contribution in [0.15, 0.2) is 0 Å². The molecule has 0 aromatic heterocycles. The second-order valence-corrected chi connectivity index (χ2v) is 5.99. The minimum Gasteiger partial charge on any atom is -0.324 e. The Kier molecular flexibility index (Phi) is 6.46. The molecule has 15 heavy (non-hydrogen) atoms. The largest absolute Gasteiger partial charge is 0.324 e. The first-order valence-corrected chi connectivity index (χ1v) is 6.28. The molecule has 0 radical (unpaired) electrons. The lowest BCUT2D eigenvalue weighted by molar-refractivity contribution is 0.175. The lowest BCUT2D eigenvalue weighted by Gasteiger charge is -2.34. The van der Waals surface area contributed by atoms with E-state index in [4.69, 9.17) is 5.73 Å². The molecule has 2 N–H and O–H groups in total. The van der Waals surface area contributed by atoms with E-state index in [0.717, 1.165) is 37.9 Å². The Morgan fingerprint density at radius 1 is 1.07 bits per heavy atom. The van der Waals surface area contributed by atoms with Crippen molar-refractivity contribution in [3.63, 3.8) is 0 Å². The summed E-state index contributed by atoms with van der Waals surface area (Å²) in [5.41, 5.74) is 6.19. The van der Waals surface area contributed by atoms with Crippen molar-refractivity contribution in [1.29, 1.82) is 0 Å². The first-order chi connectivity index (χ1) is 6.76. The van der Waals surface area contributed by atoms with Gasteiger partial charge in [-0.2, -0.15) is 0 Å². The lowest BCUT2D eigenvalue weighted by atomic mass is 9.98. The molecule has 0 rings (SSSR count). The summed E-state index contributed by atoms with van der Waals surface area (Å²) in [6.07, 6.45) is 1.04. The van der Waals surface area contributed by atoms with E-state index in [1.807, 2.05) is 0 Å². The topological polar surface area (TPSA) is 29.3 Å². The molecule has 0 aliphatic rings. The van der Waals surface area contributed by atoms with Crippen LogP contribution in [0.1, 0.15) is 48.0 Å². The van der Waals surface area contributed by atoms with Gasteiger partial charge in [-0.05, 0) is 25.2 Å². The minimum absolute atomic E-state index is 0.0379. The van der Waals surface area contributed by atoms with Gasteiger partial charge in [-0.25, -0.2) is 0 Å². The van der Waals surface area contributed by atoms with Crippen molar-refractivity contribution in [2.75, 3.05) is 19.6 Å². The van der Waals surface area contributed by atoms with E-state index in [9.17, 15) is 0 Å². The molecule has 0 fully saturated rings. The van der Waals surface area contributed by atoms with Crippen LogP contribution in [0.3, 0.4) is 0 Å². The third kappa shape index (κ3) is 7.80. The quantitative estimate of drug-likeness (QED) is 0.706. The van der Waals surface area contributed by atoms with E-state index in [1.165, 1.54) is 0 Å². The maximum atomic E-state index is 6.23. The van der Waals surface area contributed by atoms with E-state index in [0.29, 0.717) is 0 Å². The van der Waals surface area contributed by atoms with Gasteiger partial charge < -0.3 is 10.6 Å². The minimum atomic E-state index is -0.0379. The zero-order valence-corrected chi connectivity index (χ0v) is 11.5. The molecule has 0 aromatic rings. The molecule has 2 heteroatoms. The van der Waals surface area contributed by atoms with Gasteiger partial charge in [0, 0.05) is 25.2 Å². The number of rotatable bonds is 7. The summed E-state index contributed by atoms with van der Waals surface area (Å²) < 4.78 is 0. The van der Waals surface area contributed by atoms with Gasteiger partial charge in [0.15, 0.2) is 0 Å². The Morgan fingerprint density at radius 2 is 1.47 bits per heavy atom. The zero-order chi connectivity index (χ0) is 12.1. The highest BCUT2D eigenvalue weighted by molar-refractivity contribution is 4.81. The van der Waals surface area contributed by atoms with Crippen LogP contribution in [0.4, 0.5) is 0 Å². The van der Waals surface area contributed by atoms with Crippen LogP contribution in [0.25, 0.3) is 0 Å². The molecular formula is C13H30N2. The predicted molar refractivity (Wildman–Crippen MR) is 69.0 cm³/mol. The molecule has 0 saturated carbocycles. The van der Waals surface area contributed by atoms with Gasteiger partial charge in [0.05, 0.1) is 0 Å². The molecule has 2 nitrogen and oxygen atoms in total. The Bertz CT molecular complexity index is 152. The van der Waals surface area contributed by atoms with Crippen LogP contribution in [-0.4, -0.2) is 30.1 Å². The fourth-order valence-electron chi connectivity index (χ4n) is 1.86. The van der Waals surface area contributed by atoms with Crippen molar-refractivity contribution < 1.29 is 0 Å². The Balaban J connectivity index is 4.23. The first kappa shape index (κ1) is 14.9. The summed E-state index contributed by atoms with van der Waals surface area (Å²) in [7, 11) is 0. The number of nitrogens with zero attached hydrogens (tertiary/aromatic N) is 1. The summed E-state index contributed by atoms with van der Waals surface area (Å²) in [5, 5.41) is 0. The van der Waals surface area contributed by atoms with Crippen LogP contribution >= 0.6 is 0 Å². The van der Waals surface area contributed by atoms with E-state index in [-0.39, 0.29) is 5.54 Å². The van der Waals surface area contributed by atoms with Crippen molar-refractivity contribution >= 4 is 0 Å². The molecule has 0 aromatic carbocycles. The number of hydrogen-bond acceptors (Lipinski definition) is 2. The maximum Gasteiger partial charge on any atom is 0.0252 e. The van der Waals surface area contributed by atoms with Crippen molar-refractivity contribution in [2.24, 2.45) is 17.6 Å². The second-order valence-electron chi connectivity index (χ2n) is 5.99. The highest BCUT2D eigenvalue weighted by atomic mass is 15.1. The lowest BCUT2D eigenvalue weighted by Crippen LogP contribution is -2.49. The third-order valence-electron chi connectivity index (χ3n) is 2.64. The Labute approximate surface area is 96.2 Å². The van der Waals surface area contributed by atoms with Crippen LogP contribution < -0.4 is 5.73 Å². The van der Waals surface area contributed by atoms with Crippen molar-refractivity contribution in [3.8, 4) is 0 Å². The summed E-state index contributed by atoms with van der Waals surface area (Å²) >= 11 is 0. The highest BCUT2D eigenvalue weighted by Gasteiger charge is 2.21. The standard InChI is InChI=1S/C13H30N2/c1-7-13(6,14)10-15(8-11(2)3)9-12(4)5/h11-12H,7-10,14H2,1-6H3. The van der Waals surface area contributed by atoms with E-state index >= 15 is 0 Å². The zero-order valence-electron chi connectivity index (χ0n) is 11.5. The monoisotopic (exact) mass is 214 g/mol. The summed E-state index contributed by atoms with van der Waals surface area (Å²) in [4.78, 5) is 2.51. The highest BCUT2D eigenvalue weighted by Crippen LogP contribution is 2.11. The molecule has 92 valence electrons. The molecule has 0 heterocycles. The maximum absolute atomic E-state index is 6.23. The van der Waals surface area contributed by atoms with Gasteiger partial charge in [-0.1, -0.05) is 34.6 Å². The molecule has 1 unspecified atom stereocenters. The van der Waals surface area contributed by atoms with Gasteiger partial charge in [-0.15, -0.1) is 0 Å². The van der Waals surface area contributed by atoms with Crippen LogP contribution in [0.2, 0.25) is 0 Å². The Morgan fingerprint density at radius 3 is 1.73 bits per heavy atom. The van der Waals surface area contributed by atoms with Crippen LogP contribution in [0.5, 0.6) is 0 Å². The molecule has 0 spiro atoms. The van der Waals surface area contributed by atoms with Crippen LogP contribution in [0, 0.1) is 11.8 Å². The molecule has 0 saturated heterocycles. The van der Waals surface area contributed by atoms with Gasteiger partial charge in [-0.3, -0.25) is 0 Å². The fourth-order valence-corrected chi connectivity index (χ4v) is 1.86. The van der Waals surface area contributed by atoms with Crippen LogP contribution in [-0.2, 0) is 0 Å². The van der Waals surface area contributed by atoms with E-state index in [1.54, 1.807) is 0 Å². The first-order valence-electron chi connectivity index (χ1n) is 6.28. The predicted octanol–water partition coefficient (Wildman–Crippen LogP) is 2.73. The fraction of sp³-hybridized carbons (Fsp3) is 1.00. The molecule has 0 aliphatic heterocycles. The smallest absolute Gasteiger partial charge is 0.0252 e. The molecule has 0 aliphatic carbocycles. The van der Waals surface area contributed by atoms with E-state index < -0.39 is 0 Å². The molecule has 1 atom stereocenters.